The van der Waals surface area contributed by atoms with Gasteiger partial charge in [0.15, 0.2) is 5.82 Å². The second kappa shape index (κ2) is 4.74. The zero-order valence-corrected chi connectivity index (χ0v) is 10.7. The minimum atomic E-state index is 0.433. The van der Waals surface area contributed by atoms with Crippen molar-refractivity contribution in [3.8, 4) is 22.5 Å². The Morgan fingerprint density at radius 1 is 1.11 bits per heavy atom. The largest absolute Gasteiger partial charge is 0.382 e. The molecular formula is C14H11ClN4. The fraction of sp³-hybridized carbons (Fsp3) is 0. The number of nitrogen functional groups attached to an aromatic ring is 1. The molecule has 0 saturated carbocycles. The molecule has 4 nitrogen and oxygen atoms in total. The number of aromatic nitrogens is 3. The summed E-state index contributed by atoms with van der Waals surface area (Å²) in [6.45, 7) is 0. The van der Waals surface area contributed by atoms with Crippen LogP contribution >= 0.6 is 11.6 Å². The van der Waals surface area contributed by atoms with Gasteiger partial charge in [0, 0.05) is 11.2 Å². The number of halogens is 1. The number of H-pyrrole nitrogens is 1. The summed E-state index contributed by atoms with van der Waals surface area (Å²) < 4.78 is 0. The number of benzene rings is 1. The number of nitrogens with zero attached hydrogens (tertiary/aromatic N) is 2. The van der Waals surface area contributed by atoms with E-state index in [4.69, 9.17) is 17.3 Å². The summed E-state index contributed by atoms with van der Waals surface area (Å²) in [7, 11) is 0. The van der Waals surface area contributed by atoms with Gasteiger partial charge in [0.1, 0.15) is 0 Å². The van der Waals surface area contributed by atoms with Gasteiger partial charge in [-0.1, -0.05) is 29.8 Å². The lowest BCUT2D eigenvalue weighted by molar-refractivity contribution is 1.09. The SMILES string of the molecule is Nc1n[nH]c(-c2ccccn2)c1-c1cccc(Cl)c1. The zero-order chi connectivity index (χ0) is 13.2. The molecule has 2 heterocycles. The molecule has 5 heteroatoms. The van der Waals surface area contributed by atoms with Crippen LogP contribution in [0.25, 0.3) is 22.5 Å². The summed E-state index contributed by atoms with van der Waals surface area (Å²) in [6.07, 6.45) is 1.73. The average Bonchev–Trinajstić information content (AvgIpc) is 2.82. The van der Waals surface area contributed by atoms with Gasteiger partial charge in [0.2, 0.25) is 0 Å². The lowest BCUT2D eigenvalue weighted by Gasteiger charge is -2.04. The van der Waals surface area contributed by atoms with Gasteiger partial charge < -0.3 is 5.73 Å². The molecule has 0 atom stereocenters. The van der Waals surface area contributed by atoms with E-state index >= 15 is 0 Å². The van der Waals surface area contributed by atoms with E-state index in [0.29, 0.717) is 10.8 Å². The molecule has 0 aliphatic heterocycles. The molecule has 19 heavy (non-hydrogen) atoms. The van der Waals surface area contributed by atoms with Gasteiger partial charge in [-0.05, 0) is 29.8 Å². The zero-order valence-electron chi connectivity index (χ0n) is 9.97. The lowest BCUT2D eigenvalue weighted by Crippen LogP contribution is -1.89. The summed E-state index contributed by atoms with van der Waals surface area (Å²) in [4.78, 5) is 4.31. The van der Waals surface area contributed by atoms with Crippen molar-refractivity contribution >= 4 is 17.4 Å². The first-order chi connectivity index (χ1) is 9.25. The smallest absolute Gasteiger partial charge is 0.153 e. The molecule has 94 valence electrons. The molecule has 0 bridgehead atoms. The van der Waals surface area contributed by atoms with Crippen LogP contribution in [0, 0.1) is 0 Å². The topological polar surface area (TPSA) is 67.6 Å². The van der Waals surface area contributed by atoms with E-state index in [1.165, 1.54) is 0 Å². The number of nitrogens with two attached hydrogens (primary N) is 1. The summed E-state index contributed by atoms with van der Waals surface area (Å²) in [6, 6.07) is 13.2. The van der Waals surface area contributed by atoms with Gasteiger partial charge in [0.25, 0.3) is 0 Å². The molecular weight excluding hydrogens is 260 g/mol. The van der Waals surface area contributed by atoms with Crippen LogP contribution in [-0.2, 0) is 0 Å². The molecule has 3 rings (SSSR count). The molecule has 0 aliphatic rings. The van der Waals surface area contributed by atoms with E-state index in [-0.39, 0.29) is 0 Å². The van der Waals surface area contributed by atoms with Gasteiger partial charge in [-0.25, -0.2) is 0 Å². The van der Waals surface area contributed by atoms with Crippen LogP contribution in [0.4, 0.5) is 5.82 Å². The third-order valence-corrected chi connectivity index (χ3v) is 3.06. The molecule has 0 radical (unpaired) electrons. The Bertz CT molecular complexity index is 706. The number of nitrogens with one attached hydrogen (secondary N) is 1. The van der Waals surface area contributed by atoms with Crippen molar-refractivity contribution in [1.82, 2.24) is 15.2 Å². The highest BCUT2D eigenvalue weighted by Crippen LogP contribution is 2.34. The van der Waals surface area contributed by atoms with Crippen molar-refractivity contribution in [2.45, 2.75) is 0 Å². The molecule has 1 aromatic carbocycles. The second-order valence-electron chi connectivity index (χ2n) is 4.08. The van der Waals surface area contributed by atoms with Crippen molar-refractivity contribution in [2.75, 3.05) is 5.73 Å². The molecule has 3 N–H and O–H groups in total. The normalized spacial score (nSPS) is 10.6. The minimum absolute atomic E-state index is 0.433. The fourth-order valence-corrected chi connectivity index (χ4v) is 2.18. The highest BCUT2D eigenvalue weighted by Gasteiger charge is 2.15. The Hall–Kier alpha value is -2.33. The van der Waals surface area contributed by atoms with Crippen LogP contribution in [0.2, 0.25) is 5.02 Å². The van der Waals surface area contributed by atoms with Gasteiger partial charge in [-0.15, -0.1) is 0 Å². The van der Waals surface area contributed by atoms with E-state index in [1.54, 1.807) is 6.20 Å². The third-order valence-electron chi connectivity index (χ3n) is 2.83. The number of hydrogen-bond donors (Lipinski definition) is 2. The predicted octanol–water partition coefficient (Wildman–Crippen LogP) is 3.37. The number of rotatable bonds is 2. The molecule has 3 aromatic rings. The number of hydrogen-bond acceptors (Lipinski definition) is 3. The highest BCUT2D eigenvalue weighted by molar-refractivity contribution is 6.30. The standard InChI is InChI=1S/C14H11ClN4/c15-10-5-3-4-9(8-10)12-13(18-19-14(12)16)11-6-1-2-7-17-11/h1-8H,(H3,16,18,19). The van der Waals surface area contributed by atoms with E-state index in [2.05, 4.69) is 15.2 Å². The van der Waals surface area contributed by atoms with Gasteiger partial charge in [-0.3, -0.25) is 10.1 Å². The van der Waals surface area contributed by atoms with Gasteiger partial charge >= 0.3 is 0 Å². The first-order valence-electron chi connectivity index (χ1n) is 5.77. The first-order valence-corrected chi connectivity index (χ1v) is 6.14. The summed E-state index contributed by atoms with van der Waals surface area (Å²) in [5, 5.41) is 7.65. The Morgan fingerprint density at radius 3 is 2.74 bits per heavy atom. The first kappa shape index (κ1) is 11.7. The molecule has 0 amide bonds. The van der Waals surface area contributed by atoms with Crippen molar-refractivity contribution in [3.05, 3.63) is 53.7 Å². The van der Waals surface area contributed by atoms with Crippen molar-refractivity contribution < 1.29 is 0 Å². The van der Waals surface area contributed by atoms with Crippen LogP contribution < -0.4 is 5.73 Å². The van der Waals surface area contributed by atoms with E-state index in [0.717, 1.165) is 22.5 Å². The van der Waals surface area contributed by atoms with Crippen LogP contribution in [0.15, 0.2) is 48.7 Å². The highest BCUT2D eigenvalue weighted by atomic mass is 35.5. The summed E-state index contributed by atoms with van der Waals surface area (Å²) in [5.74, 6) is 0.433. The fourth-order valence-electron chi connectivity index (χ4n) is 1.99. The molecule has 0 fully saturated rings. The Balaban J connectivity index is 2.20. The number of pyridine rings is 1. The quantitative estimate of drug-likeness (QED) is 0.750. The maximum absolute atomic E-state index is 6.03. The van der Waals surface area contributed by atoms with Crippen molar-refractivity contribution in [2.24, 2.45) is 0 Å². The summed E-state index contributed by atoms with van der Waals surface area (Å²) >= 11 is 6.03. The molecule has 0 spiro atoms. The van der Waals surface area contributed by atoms with Crippen LogP contribution in [0.3, 0.4) is 0 Å². The van der Waals surface area contributed by atoms with Crippen LogP contribution in [0.5, 0.6) is 0 Å². The summed E-state index contributed by atoms with van der Waals surface area (Å²) in [5.41, 5.74) is 9.27. The lowest BCUT2D eigenvalue weighted by atomic mass is 10.0. The van der Waals surface area contributed by atoms with E-state index in [9.17, 15) is 0 Å². The van der Waals surface area contributed by atoms with Crippen molar-refractivity contribution in [3.63, 3.8) is 0 Å². The van der Waals surface area contributed by atoms with Gasteiger partial charge in [0.05, 0.1) is 17.0 Å². The maximum Gasteiger partial charge on any atom is 0.153 e. The number of aromatic amines is 1. The Labute approximate surface area is 115 Å². The second-order valence-corrected chi connectivity index (χ2v) is 4.52. The molecule has 0 saturated heterocycles. The van der Waals surface area contributed by atoms with E-state index in [1.807, 2.05) is 42.5 Å². The molecule has 0 aliphatic carbocycles. The molecule has 0 unspecified atom stereocenters. The number of anilines is 1. The predicted molar refractivity (Wildman–Crippen MR) is 76.7 cm³/mol. The maximum atomic E-state index is 6.03. The monoisotopic (exact) mass is 270 g/mol. The third kappa shape index (κ3) is 2.18. The Kier molecular flexibility index (Phi) is 2.93. The van der Waals surface area contributed by atoms with E-state index < -0.39 is 0 Å². The van der Waals surface area contributed by atoms with Crippen LogP contribution in [-0.4, -0.2) is 15.2 Å². The Morgan fingerprint density at radius 2 is 2.00 bits per heavy atom. The van der Waals surface area contributed by atoms with Crippen LogP contribution in [0.1, 0.15) is 0 Å². The molecule has 2 aromatic heterocycles. The van der Waals surface area contributed by atoms with Crippen molar-refractivity contribution in [1.29, 1.82) is 0 Å². The van der Waals surface area contributed by atoms with Gasteiger partial charge in [-0.2, -0.15) is 5.10 Å². The minimum Gasteiger partial charge on any atom is -0.382 e. The average molecular weight is 271 g/mol.